The maximum atomic E-state index is 3.73. The zero-order valence-corrected chi connectivity index (χ0v) is 7.40. The van der Waals surface area contributed by atoms with Crippen LogP contribution in [0.4, 0.5) is 0 Å². The quantitative estimate of drug-likeness (QED) is 0.687. The lowest BCUT2D eigenvalue weighted by atomic mass is 10.3. The molecule has 66 valence electrons. The van der Waals surface area contributed by atoms with Crippen molar-refractivity contribution < 1.29 is 0 Å². The van der Waals surface area contributed by atoms with E-state index in [0.717, 1.165) is 12.2 Å². The van der Waals surface area contributed by atoms with Gasteiger partial charge in [0.15, 0.2) is 0 Å². The first kappa shape index (κ1) is 7.92. The minimum absolute atomic E-state index is 0.895. The van der Waals surface area contributed by atoms with E-state index < -0.39 is 0 Å². The Kier molecular flexibility index (Phi) is 2.04. The maximum absolute atomic E-state index is 3.73. The minimum atomic E-state index is 0.895. The van der Waals surface area contributed by atoms with Crippen LogP contribution in [0.2, 0.25) is 0 Å². The molecule has 0 aliphatic carbocycles. The van der Waals surface area contributed by atoms with Crippen LogP contribution in [0.1, 0.15) is 5.69 Å². The molecule has 2 rings (SSSR count). The van der Waals surface area contributed by atoms with Crippen LogP contribution in [-0.4, -0.2) is 9.55 Å². The van der Waals surface area contributed by atoms with E-state index in [2.05, 4.69) is 22.2 Å². The van der Waals surface area contributed by atoms with Crippen LogP contribution < -0.4 is 0 Å². The van der Waals surface area contributed by atoms with Crippen molar-refractivity contribution in [1.82, 2.24) is 9.55 Å². The van der Waals surface area contributed by atoms with E-state index in [9.17, 15) is 0 Å². The number of H-pyrrole nitrogens is 1. The van der Waals surface area contributed by atoms with Crippen molar-refractivity contribution in [2.45, 2.75) is 6.42 Å². The Labute approximate surface area is 77.5 Å². The minimum Gasteiger partial charge on any atom is -0.348 e. The number of nitrogens with one attached hydrogen (secondary N) is 1. The van der Waals surface area contributed by atoms with Gasteiger partial charge in [0.1, 0.15) is 5.82 Å². The van der Waals surface area contributed by atoms with Gasteiger partial charge in [-0.1, -0.05) is 6.08 Å². The summed E-state index contributed by atoms with van der Waals surface area (Å²) in [7, 11) is 0. The average Bonchev–Trinajstić information content (AvgIpc) is 2.71. The Balaban J connectivity index is 2.40. The standard InChI is InChI=1S/C11H12N2/c1-2-5-10-6-4-9-13(10)11-7-3-8-12-11/h2-4,6-9,12H,1,5H2. The van der Waals surface area contributed by atoms with Crippen LogP contribution in [0.3, 0.4) is 0 Å². The fraction of sp³-hybridized carbons (Fsp3) is 0.0909. The predicted molar refractivity (Wildman–Crippen MR) is 54.0 cm³/mol. The highest BCUT2D eigenvalue weighted by atomic mass is 15.1. The molecule has 0 fully saturated rings. The molecule has 0 aliphatic heterocycles. The molecule has 2 aromatic heterocycles. The highest BCUT2D eigenvalue weighted by molar-refractivity contribution is 5.28. The van der Waals surface area contributed by atoms with E-state index in [1.54, 1.807) is 0 Å². The normalized spacial score (nSPS) is 10.2. The lowest BCUT2D eigenvalue weighted by molar-refractivity contribution is 0.944. The van der Waals surface area contributed by atoms with Crippen LogP contribution in [0, 0.1) is 0 Å². The number of allylic oxidation sites excluding steroid dienone is 1. The summed E-state index contributed by atoms with van der Waals surface area (Å²) in [6.45, 7) is 3.73. The summed E-state index contributed by atoms with van der Waals surface area (Å²) in [6.07, 6.45) is 6.78. The van der Waals surface area contributed by atoms with E-state index in [0.29, 0.717) is 0 Å². The smallest absolute Gasteiger partial charge is 0.114 e. The molecule has 0 bridgehead atoms. The summed E-state index contributed by atoms with van der Waals surface area (Å²) < 4.78 is 2.13. The van der Waals surface area contributed by atoms with Gasteiger partial charge in [0.05, 0.1) is 0 Å². The predicted octanol–water partition coefficient (Wildman–Crippen LogP) is 2.53. The van der Waals surface area contributed by atoms with Gasteiger partial charge in [-0.25, -0.2) is 0 Å². The van der Waals surface area contributed by atoms with E-state index in [-0.39, 0.29) is 0 Å². The van der Waals surface area contributed by atoms with Crippen LogP contribution in [-0.2, 0) is 6.42 Å². The summed E-state index contributed by atoms with van der Waals surface area (Å²) in [6, 6.07) is 8.18. The molecule has 0 aliphatic rings. The summed E-state index contributed by atoms with van der Waals surface area (Å²) in [5, 5.41) is 0. The zero-order valence-electron chi connectivity index (χ0n) is 7.40. The van der Waals surface area contributed by atoms with Crippen molar-refractivity contribution in [3.8, 4) is 5.82 Å². The van der Waals surface area contributed by atoms with Crippen molar-refractivity contribution >= 4 is 0 Å². The highest BCUT2D eigenvalue weighted by Gasteiger charge is 2.00. The van der Waals surface area contributed by atoms with Crippen molar-refractivity contribution in [3.63, 3.8) is 0 Å². The van der Waals surface area contributed by atoms with Gasteiger partial charge in [0.25, 0.3) is 0 Å². The monoisotopic (exact) mass is 172 g/mol. The molecule has 2 aromatic rings. The summed E-state index contributed by atoms with van der Waals surface area (Å²) in [4.78, 5) is 3.17. The molecule has 1 N–H and O–H groups in total. The number of rotatable bonds is 3. The first-order chi connectivity index (χ1) is 6.42. The second-order valence-corrected chi connectivity index (χ2v) is 2.92. The SMILES string of the molecule is C=CCc1cccn1-c1ccc[nH]1. The summed E-state index contributed by atoms with van der Waals surface area (Å²) in [5.74, 6) is 1.10. The molecule has 2 heterocycles. The van der Waals surface area contributed by atoms with Crippen LogP contribution in [0.5, 0.6) is 0 Å². The molecule has 2 nitrogen and oxygen atoms in total. The van der Waals surface area contributed by atoms with Gasteiger partial charge >= 0.3 is 0 Å². The van der Waals surface area contributed by atoms with Crippen molar-refractivity contribution in [2.24, 2.45) is 0 Å². The van der Waals surface area contributed by atoms with Gasteiger partial charge in [-0.15, -0.1) is 6.58 Å². The third kappa shape index (κ3) is 1.43. The molecule has 2 heteroatoms. The fourth-order valence-electron chi connectivity index (χ4n) is 1.44. The van der Waals surface area contributed by atoms with Crippen molar-refractivity contribution in [2.75, 3.05) is 0 Å². The first-order valence-corrected chi connectivity index (χ1v) is 4.32. The van der Waals surface area contributed by atoms with E-state index >= 15 is 0 Å². The number of aromatic amines is 1. The lowest BCUT2D eigenvalue weighted by Gasteiger charge is -2.04. The molecule has 0 aromatic carbocycles. The van der Waals surface area contributed by atoms with Gasteiger partial charge in [0, 0.05) is 24.5 Å². The number of hydrogen-bond donors (Lipinski definition) is 1. The Morgan fingerprint density at radius 2 is 2.31 bits per heavy atom. The molecule has 0 saturated heterocycles. The molecule has 0 saturated carbocycles. The number of hydrogen-bond acceptors (Lipinski definition) is 0. The molecular weight excluding hydrogens is 160 g/mol. The average molecular weight is 172 g/mol. The highest BCUT2D eigenvalue weighted by Crippen LogP contribution is 2.10. The molecule has 0 amide bonds. The van der Waals surface area contributed by atoms with Gasteiger partial charge in [-0.2, -0.15) is 0 Å². The lowest BCUT2D eigenvalue weighted by Crippen LogP contribution is -1.97. The molecule has 0 spiro atoms. The van der Waals surface area contributed by atoms with E-state index in [1.165, 1.54) is 5.69 Å². The molecular formula is C11H12N2. The second-order valence-electron chi connectivity index (χ2n) is 2.92. The Hall–Kier alpha value is -1.70. The zero-order chi connectivity index (χ0) is 9.10. The number of nitrogens with zero attached hydrogens (tertiary/aromatic N) is 1. The molecule has 0 radical (unpaired) electrons. The first-order valence-electron chi connectivity index (χ1n) is 4.32. The largest absolute Gasteiger partial charge is 0.348 e. The van der Waals surface area contributed by atoms with E-state index in [4.69, 9.17) is 0 Å². The van der Waals surface area contributed by atoms with Gasteiger partial charge in [-0.3, -0.25) is 0 Å². The Morgan fingerprint density at radius 3 is 3.00 bits per heavy atom. The summed E-state index contributed by atoms with van der Waals surface area (Å²) >= 11 is 0. The topological polar surface area (TPSA) is 20.7 Å². The van der Waals surface area contributed by atoms with E-state index in [1.807, 2.05) is 36.7 Å². The van der Waals surface area contributed by atoms with Crippen LogP contribution >= 0.6 is 0 Å². The Morgan fingerprint density at radius 1 is 1.38 bits per heavy atom. The molecule has 13 heavy (non-hydrogen) atoms. The van der Waals surface area contributed by atoms with Crippen LogP contribution in [0.15, 0.2) is 49.3 Å². The summed E-state index contributed by atoms with van der Waals surface area (Å²) in [5.41, 5.74) is 1.25. The second kappa shape index (κ2) is 3.35. The third-order valence-electron chi connectivity index (χ3n) is 2.03. The molecule has 0 unspecified atom stereocenters. The molecule has 0 atom stereocenters. The number of aromatic nitrogens is 2. The van der Waals surface area contributed by atoms with Crippen molar-refractivity contribution in [1.29, 1.82) is 0 Å². The third-order valence-corrected chi connectivity index (χ3v) is 2.03. The van der Waals surface area contributed by atoms with Crippen molar-refractivity contribution in [3.05, 3.63) is 55.0 Å². The van der Waals surface area contributed by atoms with Gasteiger partial charge in [0.2, 0.25) is 0 Å². The van der Waals surface area contributed by atoms with Gasteiger partial charge in [-0.05, 0) is 24.3 Å². The van der Waals surface area contributed by atoms with Crippen LogP contribution in [0.25, 0.3) is 5.82 Å². The maximum Gasteiger partial charge on any atom is 0.114 e. The van der Waals surface area contributed by atoms with Gasteiger partial charge < -0.3 is 9.55 Å². The fourth-order valence-corrected chi connectivity index (χ4v) is 1.44. The Bertz CT molecular complexity index is 382.